The van der Waals surface area contributed by atoms with Crippen molar-refractivity contribution >= 4 is 39.1 Å². The van der Waals surface area contributed by atoms with E-state index in [2.05, 4.69) is 26.8 Å². The van der Waals surface area contributed by atoms with E-state index in [1.807, 2.05) is 72.6 Å². The van der Waals surface area contributed by atoms with Crippen molar-refractivity contribution in [3.05, 3.63) is 99.1 Å². The number of benzene rings is 2. The zero-order valence-electron chi connectivity index (χ0n) is 26.6. The Kier molecular flexibility index (Phi) is 5.99. The first kappa shape index (κ1) is 28.7. The quantitative estimate of drug-likeness (QED) is 0.227. The summed E-state index contributed by atoms with van der Waals surface area (Å²) in [5.74, 6) is 1.39. The molecule has 2 aromatic carbocycles. The Morgan fingerprint density at radius 1 is 1.04 bits per heavy atom. The minimum atomic E-state index is -0.505. The molecule has 11 nitrogen and oxygen atoms in total. The van der Waals surface area contributed by atoms with Gasteiger partial charge in [-0.3, -0.25) is 9.36 Å². The molecule has 0 atom stereocenters. The summed E-state index contributed by atoms with van der Waals surface area (Å²) in [4.78, 5) is 29.1. The molecule has 3 N–H and O–H groups in total. The highest BCUT2D eigenvalue weighted by Gasteiger charge is 2.49. The van der Waals surface area contributed by atoms with E-state index in [9.17, 15) is 9.90 Å². The van der Waals surface area contributed by atoms with Gasteiger partial charge in [0.15, 0.2) is 17.1 Å². The third-order valence-corrected chi connectivity index (χ3v) is 10.4. The molecular formula is C36H32N8O3S. The number of hydrogen-bond acceptors (Lipinski definition) is 9. The molecule has 9 rings (SSSR count). The van der Waals surface area contributed by atoms with E-state index in [-0.39, 0.29) is 23.7 Å². The van der Waals surface area contributed by atoms with Gasteiger partial charge in [-0.25, -0.2) is 19.6 Å². The summed E-state index contributed by atoms with van der Waals surface area (Å²) in [7, 11) is 1.98. The van der Waals surface area contributed by atoms with Crippen LogP contribution >= 0.6 is 11.3 Å². The summed E-state index contributed by atoms with van der Waals surface area (Å²) in [6.45, 7) is 4.14. The maximum Gasteiger partial charge on any atom is 0.262 e. The molecule has 1 aliphatic carbocycles. The molecule has 5 aromatic heterocycles. The van der Waals surface area contributed by atoms with Crippen LogP contribution in [-0.2, 0) is 25.6 Å². The minimum absolute atomic E-state index is 0.0783. The topological polar surface area (TPSA) is 139 Å². The van der Waals surface area contributed by atoms with E-state index in [4.69, 9.17) is 20.6 Å². The fourth-order valence-corrected chi connectivity index (χ4v) is 8.14. The number of phenols is 1. The van der Waals surface area contributed by atoms with Gasteiger partial charge in [-0.2, -0.15) is 16.4 Å². The first-order valence-electron chi connectivity index (χ1n) is 15.9. The number of fused-ring (bicyclic) bond motifs is 3. The van der Waals surface area contributed by atoms with Gasteiger partial charge in [-0.05, 0) is 79.4 Å². The van der Waals surface area contributed by atoms with E-state index in [0.717, 1.165) is 40.8 Å². The third kappa shape index (κ3) is 4.15. The molecule has 1 fully saturated rings. The fraction of sp³-hybridized carbons (Fsp3) is 0.250. The number of aryl methyl sites for hydroxylation is 1. The van der Waals surface area contributed by atoms with E-state index in [1.165, 1.54) is 6.33 Å². The Morgan fingerprint density at radius 3 is 2.65 bits per heavy atom. The van der Waals surface area contributed by atoms with Gasteiger partial charge in [0.1, 0.15) is 35.8 Å². The van der Waals surface area contributed by atoms with Crippen LogP contribution in [0.15, 0.2) is 76.6 Å². The Morgan fingerprint density at radius 2 is 1.90 bits per heavy atom. The number of aromatic hydroxyl groups is 1. The van der Waals surface area contributed by atoms with Gasteiger partial charge in [-0.15, -0.1) is 0 Å². The molecule has 6 heterocycles. The van der Waals surface area contributed by atoms with Crippen LogP contribution in [0.1, 0.15) is 43.6 Å². The molecular weight excluding hydrogens is 625 g/mol. The number of anilines is 1. The first-order chi connectivity index (χ1) is 23.1. The van der Waals surface area contributed by atoms with Crippen LogP contribution in [0.3, 0.4) is 0 Å². The average molecular weight is 657 g/mol. The lowest BCUT2D eigenvalue weighted by molar-refractivity contribution is 0.134. The van der Waals surface area contributed by atoms with Crippen molar-refractivity contribution < 1.29 is 9.84 Å². The highest BCUT2D eigenvalue weighted by atomic mass is 32.1. The summed E-state index contributed by atoms with van der Waals surface area (Å²) in [6.07, 6.45) is 5.63. The number of nitrogens with zero attached hydrogens (tertiary/aromatic N) is 7. The van der Waals surface area contributed by atoms with E-state index < -0.39 is 11.1 Å². The lowest BCUT2D eigenvalue weighted by atomic mass is 9.95. The zero-order valence-corrected chi connectivity index (χ0v) is 27.5. The largest absolute Gasteiger partial charge is 0.504 e. The van der Waals surface area contributed by atoms with Crippen LogP contribution in [0.4, 0.5) is 5.82 Å². The first-order valence-corrected chi connectivity index (χ1v) is 16.8. The van der Waals surface area contributed by atoms with Crippen molar-refractivity contribution in [2.24, 2.45) is 7.05 Å². The van der Waals surface area contributed by atoms with Gasteiger partial charge in [0.05, 0.1) is 21.8 Å². The van der Waals surface area contributed by atoms with Gasteiger partial charge >= 0.3 is 0 Å². The van der Waals surface area contributed by atoms with Crippen LogP contribution in [-0.4, -0.2) is 44.6 Å². The molecule has 1 aliphatic heterocycles. The van der Waals surface area contributed by atoms with Gasteiger partial charge in [0.2, 0.25) is 0 Å². The molecule has 48 heavy (non-hydrogen) atoms. The molecule has 12 heteroatoms. The predicted octanol–water partition coefficient (Wildman–Crippen LogP) is 5.86. The Labute approximate surface area is 278 Å². The number of thiophene rings is 1. The van der Waals surface area contributed by atoms with E-state index >= 15 is 0 Å². The molecule has 7 aromatic rings. The SMILES string of the molecule is Cn1cccc1-c1cccc2nc(Cn3nc(-c4ccc(O)c5c4CC(C)(C)O5)c4c(N)ncnc43)n(C3(c4ccsc4)CC3)c(=O)c12. The van der Waals surface area contributed by atoms with E-state index in [0.29, 0.717) is 45.6 Å². The molecule has 0 saturated heterocycles. The van der Waals surface area contributed by atoms with Crippen molar-refractivity contribution in [2.75, 3.05) is 5.73 Å². The zero-order chi connectivity index (χ0) is 32.9. The van der Waals surface area contributed by atoms with Crippen molar-refractivity contribution in [3.8, 4) is 34.0 Å². The number of phenolic OH excluding ortho intramolecular Hbond substituents is 1. The summed E-state index contributed by atoms with van der Waals surface area (Å²) in [5, 5.41) is 21.1. The molecule has 0 radical (unpaired) electrons. The number of rotatable bonds is 6. The van der Waals surface area contributed by atoms with Crippen LogP contribution < -0.4 is 16.0 Å². The van der Waals surface area contributed by atoms with Gasteiger partial charge in [0, 0.05) is 42.0 Å². The lowest BCUT2D eigenvalue weighted by Gasteiger charge is -2.23. The van der Waals surface area contributed by atoms with Crippen LogP contribution in [0.2, 0.25) is 0 Å². The Bertz CT molecular complexity index is 2490. The van der Waals surface area contributed by atoms with Crippen LogP contribution in [0.5, 0.6) is 11.5 Å². The molecule has 240 valence electrons. The number of hydrogen-bond donors (Lipinski definition) is 2. The van der Waals surface area contributed by atoms with Crippen molar-refractivity contribution in [1.29, 1.82) is 0 Å². The second kappa shape index (κ2) is 10.0. The maximum absolute atomic E-state index is 14.9. The molecule has 2 aliphatic rings. The molecule has 0 amide bonds. The van der Waals surface area contributed by atoms with Crippen LogP contribution in [0.25, 0.3) is 44.5 Å². The lowest BCUT2D eigenvalue weighted by Crippen LogP contribution is -2.36. The summed E-state index contributed by atoms with van der Waals surface area (Å²) in [6, 6.07) is 15.4. The van der Waals surface area contributed by atoms with Crippen molar-refractivity contribution in [1.82, 2.24) is 33.9 Å². The highest BCUT2D eigenvalue weighted by molar-refractivity contribution is 7.08. The molecule has 0 unspecified atom stereocenters. The monoisotopic (exact) mass is 656 g/mol. The number of ether oxygens (including phenoxy) is 1. The average Bonchev–Trinajstić information content (AvgIpc) is 3.46. The number of nitrogens with two attached hydrogens (primary N) is 1. The normalized spacial score (nSPS) is 16.0. The summed E-state index contributed by atoms with van der Waals surface area (Å²) in [5.41, 5.74) is 11.7. The summed E-state index contributed by atoms with van der Waals surface area (Å²) >= 11 is 1.62. The number of aromatic nitrogens is 7. The highest BCUT2D eigenvalue weighted by Crippen LogP contribution is 2.51. The van der Waals surface area contributed by atoms with E-state index in [1.54, 1.807) is 22.1 Å². The van der Waals surface area contributed by atoms with Crippen LogP contribution in [0, 0.1) is 0 Å². The number of nitrogen functional groups attached to an aromatic ring is 1. The maximum atomic E-state index is 14.9. The second-order valence-corrected chi connectivity index (χ2v) is 14.1. The third-order valence-electron chi connectivity index (χ3n) is 9.72. The fourth-order valence-electron chi connectivity index (χ4n) is 7.39. The minimum Gasteiger partial charge on any atom is -0.504 e. The second-order valence-electron chi connectivity index (χ2n) is 13.4. The van der Waals surface area contributed by atoms with Gasteiger partial charge in [0.25, 0.3) is 5.56 Å². The molecule has 0 bridgehead atoms. The van der Waals surface area contributed by atoms with Crippen molar-refractivity contribution in [2.45, 2.75) is 50.8 Å². The molecule has 0 spiro atoms. The van der Waals surface area contributed by atoms with Crippen molar-refractivity contribution in [3.63, 3.8) is 0 Å². The predicted molar refractivity (Wildman–Crippen MR) is 185 cm³/mol. The van der Waals surface area contributed by atoms with Gasteiger partial charge < -0.3 is 20.1 Å². The Hall–Kier alpha value is -5.49. The molecule has 1 saturated carbocycles. The summed E-state index contributed by atoms with van der Waals surface area (Å²) < 4.78 is 11.8. The van der Waals surface area contributed by atoms with Gasteiger partial charge in [-0.1, -0.05) is 12.1 Å². The Balaban J connectivity index is 1.28. The standard InChI is InChI=1S/C36H32N8O3S/c1-35(2)16-23-21(9-10-26(45)31(23)47-35)30-29-32(37)38-19-39-33(29)43(41-30)17-27-40-24-7-4-6-22(25-8-5-14-42(25)3)28(24)34(46)44(27)36(12-13-36)20-11-15-48-18-20/h4-11,14-15,18-19,45H,12-13,16-17H2,1-3H3,(H2,37,38,39). The smallest absolute Gasteiger partial charge is 0.262 e.